The fourth-order valence-corrected chi connectivity index (χ4v) is 2.88. The summed E-state index contributed by atoms with van der Waals surface area (Å²) >= 11 is 0. The van der Waals surface area contributed by atoms with Gasteiger partial charge in [0.05, 0.1) is 0 Å². The van der Waals surface area contributed by atoms with Gasteiger partial charge >= 0.3 is 0 Å². The van der Waals surface area contributed by atoms with Crippen LogP contribution in [0.5, 0.6) is 0 Å². The van der Waals surface area contributed by atoms with Crippen LogP contribution in [0.3, 0.4) is 0 Å². The van der Waals surface area contributed by atoms with Crippen LogP contribution in [-0.4, -0.2) is 31.7 Å². The molecule has 1 unspecified atom stereocenters. The zero-order valence-electron chi connectivity index (χ0n) is 11.0. The minimum Gasteiger partial charge on any atom is -0.368 e. The number of amides is 1. The molecule has 0 radical (unpaired) electrons. The second-order valence-electron chi connectivity index (χ2n) is 5.20. The summed E-state index contributed by atoms with van der Waals surface area (Å²) in [4.78, 5) is 11.9. The van der Waals surface area contributed by atoms with E-state index in [9.17, 15) is 4.79 Å². The quantitative estimate of drug-likeness (QED) is 0.857. The van der Waals surface area contributed by atoms with Gasteiger partial charge in [-0.05, 0) is 36.9 Å². The van der Waals surface area contributed by atoms with E-state index in [-0.39, 0.29) is 18.1 Å². The lowest BCUT2D eigenvalue weighted by Gasteiger charge is -2.27. The predicted molar refractivity (Wildman–Crippen MR) is 72.9 cm³/mol. The second-order valence-corrected chi connectivity index (χ2v) is 5.20. The van der Waals surface area contributed by atoms with Gasteiger partial charge in [-0.2, -0.15) is 0 Å². The van der Waals surface area contributed by atoms with E-state index in [4.69, 9.17) is 4.74 Å². The highest BCUT2D eigenvalue weighted by atomic mass is 16.5. The first-order chi connectivity index (χ1) is 9.34. The Morgan fingerprint density at radius 1 is 1.42 bits per heavy atom. The summed E-state index contributed by atoms with van der Waals surface area (Å²) in [5.74, 6) is 0.0300. The number of ether oxygens (including phenoxy) is 1. The van der Waals surface area contributed by atoms with Gasteiger partial charge in [0.15, 0.2) is 0 Å². The van der Waals surface area contributed by atoms with Crippen molar-refractivity contribution in [2.24, 2.45) is 0 Å². The van der Waals surface area contributed by atoms with Crippen molar-refractivity contribution in [3.63, 3.8) is 0 Å². The zero-order chi connectivity index (χ0) is 13.1. The normalized spacial score (nSPS) is 25.9. The second kappa shape index (κ2) is 5.72. The Labute approximate surface area is 113 Å². The van der Waals surface area contributed by atoms with Gasteiger partial charge in [0, 0.05) is 19.2 Å². The minimum atomic E-state index is -0.237. The lowest BCUT2D eigenvalue weighted by atomic mass is 9.94. The summed E-state index contributed by atoms with van der Waals surface area (Å²) in [6.07, 6.45) is 2.66. The van der Waals surface area contributed by atoms with Gasteiger partial charge in [0.2, 0.25) is 5.91 Å². The third kappa shape index (κ3) is 2.80. The topological polar surface area (TPSA) is 50.4 Å². The first-order valence-electron chi connectivity index (χ1n) is 7.05. The summed E-state index contributed by atoms with van der Waals surface area (Å²) in [5, 5.41) is 6.47. The van der Waals surface area contributed by atoms with E-state index in [1.165, 1.54) is 11.1 Å². The number of hydrogen-bond acceptors (Lipinski definition) is 3. The third-order valence-electron chi connectivity index (χ3n) is 3.92. The number of carbonyl (C=O) groups excluding carboxylic acids is 1. The van der Waals surface area contributed by atoms with Gasteiger partial charge in [-0.3, -0.25) is 4.79 Å². The molecule has 2 aliphatic heterocycles. The average Bonchev–Trinajstić information content (AvgIpc) is 2.99. The summed E-state index contributed by atoms with van der Waals surface area (Å²) in [5.41, 5.74) is 2.69. The number of rotatable bonds is 3. The maximum atomic E-state index is 11.9. The Balaban J connectivity index is 1.60. The predicted octanol–water partition coefficient (Wildman–Crippen LogP) is 1.17. The lowest BCUT2D eigenvalue weighted by Crippen LogP contribution is -2.42. The highest BCUT2D eigenvalue weighted by molar-refractivity contribution is 5.81. The number of carbonyl (C=O) groups is 1. The number of hydrogen-bond donors (Lipinski definition) is 2. The Kier molecular flexibility index (Phi) is 3.80. The van der Waals surface area contributed by atoms with E-state index in [0.717, 1.165) is 25.8 Å². The number of nitrogens with one attached hydrogen (secondary N) is 2. The molecule has 1 aromatic rings. The highest BCUT2D eigenvalue weighted by Crippen LogP contribution is 2.22. The van der Waals surface area contributed by atoms with Gasteiger partial charge in [-0.1, -0.05) is 24.3 Å². The zero-order valence-corrected chi connectivity index (χ0v) is 11.0. The summed E-state index contributed by atoms with van der Waals surface area (Å²) in [7, 11) is 0. The van der Waals surface area contributed by atoms with Crippen LogP contribution in [0.4, 0.5) is 0 Å². The van der Waals surface area contributed by atoms with E-state index < -0.39 is 0 Å². The molecule has 2 N–H and O–H groups in total. The Morgan fingerprint density at radius 2 is 2.32 bits per heavy atom. The van der Waals surface area contributed by atoms with Crippen molar-refractivity contribution in [2.75, 3.05) is 19.7 Å². The minimum absolute atomic E-state index is 0.0300. The van der Waals surface area contributed by atoms with E-state index in [1.54, 1.807) is 0 Å². The molecule has 4 nitrogen and oxygen atoms in total. The van der Waals surface area contributed by atoms with Crippen molar-refractivity contribution in [1.82, 2.24) is 10.6 Å². The van der Waals surface area contributed by atoms with E-state index in [1.807, 2.05) is 0 Å². The fourth-order valence-electron chi connectivity index (χ4n) is 2.88. The van der Waals surface area contributed by atoms with E-state index in [0.29, 0.717) is 13.2 Å². The first kappa shape index (κ1) is 12.6. The molecule has 0 aliphatic carbocycles. The molecular weight excluding hydrogens is 240 g/mol. The largest absolute Gasteiger partial charge is 0.368 e. The molecule has 2 heterocycles. The van der Waals surface area contributed by atoms with Crippen LogP contribution in [0.25, 0.3) is 0 Å². The highest BCUT2D eigenvalue weighted by Gasteiger charge is 2.25. The van der Waals surface area contributed by atoms with Gasteiger partial charge < -0.3 is 15.4 Å². The van der Waals surface area contributed by atoms with E-state index >= 15 is 0 Å². The lowest BCUT2D eigenvalue weighted by molar-refractivity contribution is -0.130. The van der Waals surface area contributed by atoms with Crippen LogP contribution in [0.1, 0.15) is 30.0 Å². The van der Waals surface area contributed by atoms with Gasteiger partial charge in [-0.15, -0.1) is 0 Å². The SMILES string of the molecule is O=C(NCC1NCCc2ccccc21)[C@H]1CCCO1. The molecule has 2 atom stereocenters. The van der Waals surface area contributed by atoms with Crippen LogP contribution >= 0.6 is 0 Å². The summed E-state index contributed by atoms with van der Waals surface area (Å²) in [6.45, 7) is 2.32. The van der Waals surface area contributed by atoms with Crippen LogP contribution in [0.2, 0.25) is 0 Å². The molecule has 3 rings (SSSR count). The van der Waals surface area contributed by atoms with Crippen LogP contribution in [0.15, 0.2) is 24.3 Å². The van der Waals surface area contributed by atoms with Crippen molar-refractivity contribution in [3.05, 3.63) is 35.4 Å². The van der Waals surface area contributed by atoms with Gasteiger partial charge in [0.1, 0.15) is 6.10 Å². The molecule has 0 bridgehead atoms. The molecule has 0 aromatic heterocycles. The van der Waals surface area contributed by atoms with Crippen molar-refractivity contribution in [1.29, 1.82) is 0 Å². The standard InChI is InChI=1S/C15H20N2O2/c18-15(14-6-3-9-19-14)17-10-13-12-5-2-1-4-11(12)7-8-16-13/h1-2,4-5,13-14,16H,3,6-10H2,(H,17,18)/t13?,14-/m1/s1. The molecule has 4 heteroatoms. The maximum Gasteiger partial charge on any atom is 0.249 e. The van der Waals surface area contributed by atoms with Gasteiger partial charge in [-0.25, -0.2) is 0 Å². The fraction of sp³-hybridized carbons (Fsp3) is 0.533. The van der Waals surface area contributed by atoms with Crippen LogP contribution < -0.4 is 10.6 Å². The van der Waals surface area contributed by atoms with Gasteiger partial charge in [0.25, 0.3) is 0 Å². The van der Waals surface area contributed by atoms with Crippen LogP contribution in [-0.2, 0) is 16.0 Å². The molecule has 1 saturated heterocycles. The molecule has 1 amide bonds. The Bertz CT molecular complexity index is 455. The molecule has 1 fully saturated rings. The summed E-state index contributed by atoms with van der Waals surface area (Å²) < 4.78 is 5.39. The molecule has 0 spiro atoms. The number of fused-ring (bicyclic) bond motifs is 1. The van der Waals surface area contributed by atoms with E-state index in [2.05, 4.69) is 34.9 Å². The van der Waals surface area contributed by atoms with Crippen molar-refractivity contribution in [3.8, 4) is 0 Å². The molecule has 1 aromatic carbocycles. The smallest absolute Gasteiger partial charge is 0.249 e. The molecule has 2 aliphatic rings. The van der Waals surface area contributed by atoms with Crippen molar-refractivity contribution < 1.29 is 9.53 Å². The molecular formula is C15H20N2O2. The molecule has 0 saturated carbocycles. The Morgan fingerprint density at radius 3 is 3.16 bits per heavy atom. The Hall–Kier alpha value is -1.39. The average molecular weight is 260 g/mol. The summed E-state index contributed by atoms with van der Waals surface area (Å²) in [6, 6.07) is 8.66. The first-order valence-corrected chi connectivity index (χ1v) is 7.05. The van der Waals surface area contributed by atoms with Crippen LogP contribution in [0, 0.1) is 0 Å². The number of benzene rings is 1. The monoisotopic (exact) mass is 260 g/mol. The molecule has 102 valence electrons. The van der Waals surface area contributed by atoms with Crippen molar-refractivity contribution in [2.45, 2.75) is 31.4 Å². The molecule has 19 heavy (non-hydrogen) atoms. The third-order valence-corrected chi connectivity index (χ3v) is 3.92. The maximum absolute atomic E-state index is 11.9. The van der Waals surface area contributed by atoms with Crippen molar-refractivity contribution >= 4 is 5.91 Å².